The fraction of sp³-hybridized carbons (Fsp3) is 0.0612. The van der Waals surface area contributed by atoms with Crippen LogP contribution in [0.4, 0.5) is 0 Å². The number of hydrogen-bond donors (Lipinski definition) is 0. The van der Waals surface area contributed by atoms with Gasteiger partial charge in [0.05, 0.1) is 0 Å². The number of fused-ring (bicyclic) bond motifs is 8. The predicted octanol–water partition coefficient (Wildman–Crippen LogP) is 13.6. The third kappa shape index (κ3) is 4.75. The topological polar surface area (TPSA) is 0 Å². The molecule has 1 aliphatic rings. The molecule has 0 atom stereocenters. The summed E-state index contributed by atoms with van der Waals surface area (Å²) in [6, 6.07) is 55.7. The van der Waals surface area contributed by atoms with E-state index < -0.39 is 0 Å². The smallest absolute Gasteiger partial charge is 0.0159 e. The first-order valence-corrected chi connectivity index (χ1v) is 17.1. The quantitative estimate of drug-likeness (QED) is 0.132. The van der Waals surface area contributed by atoms with Crippen LogP contribution in [0.1, 0.15) is 41.7 Å². The van der Waals surface area contributed by atoms with Gasteiger partial charge in [-0.2, -0.15) is 0 Å². The Labute approximate surface area is 288 Å². The van der Waals surface area contributed by atoms with E-state index in [0.717, 1.165) is 11.1 Å². The van der Waals surface area contributed by atoms with Gasteiger partial charge in [0.2, 0.25) is 0 Å². The van der Waals surface area contributed by atoms with Crippen LogP contribution in [-0.2, 0) is 5.41 Å². The molecule has 0 amide bonds. The third-order valence-electron chi connectivity index (χ3n) is 10.6. The molecule has 9 rings (SSSR count). The monoisotopic (exact) mass is 624 g/mol. The zero-order chi connectivity index (χ0) is 33.1. The molecule has 0 aromatic heterocycles. The molecular weight excluding hydrogens is 589 g/mol. The first-order chi connectivity index (χ1) is 24.0. The molecule has 0 bridgehead atoms. The van der Waals surface area contributed by atoms with E-state index in [1.807, 2.05) is 6.08 Å². The van der Waals surface area contributed by atoms with Crippen LogP contribution in [0.2, 0.25) is 0 Å². The molecule has 0 unspecified atom stereocenters. The molecular formula is C49H36. The molecule has 0 N–H and O–H groups in total. The van der Waals surface area contributed by atoms with Gasteiger partial charge in [-0.25, -0.2) is 0 Å². The molecule has 0 spiro atoms. The van der Waals surface area contributed by atoms with Crippen molar-refractivity contribution in [3.05, 3.63) is 186 Å². The minimum atomic E-state index is -0.0995. The van der Waals surface area contributed by atoms with Crippen LogP contribution in [0.5, 0.6) is 0 Å². The largest absolute Gasteiger partial charge is 0.0984 e. The van der Waals surface area contributed by atoms with Crippen LogP contribution < -0.4 is 0 Å². The van der Waals surface area contributed by atoms with Gasteiger partial charge in [0, 0.05) is 5.41 Å². The van der Waals surface area contributed by atoms with Gasteiger partial charge in [0.15, 0.2) is 0 Å². The Morgan fingerprint density at radius 1 is 0.429 bits per heavy atom. The van der Waals surface area contributed by atoms with E-state index in [1.54, 1.807) is 0 Å². The predicted molar refractivity (Wildman–Crippen MR) is 213 cm³/mol. The Morgan fingerprint density at radius 3 is 1.73 bits per heavy atom. The van der Waals surface area contributed by atoms with E-state index in [0.29, 0.717) is 0 Å². The lowest BCUT2D eigenvalue weighted by Crippen LogP contribution is -2.15. The second kappa shape index (κ2) is 11.3. The van der Waals surface area contributed by atoms with Crippen molar-refractivity contribution >= 4 is 50.5 Å². The van der Waals surface area contributed by atoms with Crippen molar-refractivity contribution < 1.29 is 0 Å². The zero-order valence-corrected chi connectivity index (χ0v) is 27.9. The van der Waals surface area contributed by atoms with E-state index in [1.165, 1.54) is 82.4 Å². The summed E-state index contributed by atoms with van der Waals surface area (Å²) in [4.78, 5) is 0. The lowest BCUT2D eigenvalue weighted by atomic mass is 9.80. The first kappa shape index (κ1) is 29.2. The molecule has 0 saturated carbocycles. The number of hydrogen-bond acceptors (Lipinski definition) is 0. The van der Waals surface area contributed by atoms with Gasteiger partial charge >= 0.3 is 0 Å². The van der Waals surface area contributed by atoms with Crippen LogP contribution in [0.25, 0.3) is 83.9 Å². The SMILES string of the molecule is C=Cc1ccc(-c2ccc3c(c2)C(C)(C)c2cc(-c4ccccc4)ccc2-3)cc1/C=C/c1cc2ccc3ccccc3c2c2ccccc12. The van der Waals surface area contributed by atoms with Crippen molar-refractivity contribution in [2.75, 3.05) is 0 Å². The van der Waals surface area contributed by atoms with Crippen molar-refractivity contribution in [3.8, 4) is 33.4 Å². The first-order valence-electron chi connectivity index (χ1n) is 17.1. The summed E-state index contributed by atoms with van der Waals surface area (Å²) in [5.74, 6) is 0. The Bertz CT molecular complexity index is 2630. The lowest BCUT2D eigenvalue weighted by molar-refractivity contribution is 0.661. The van der Waals surface area contributed by atoms with Crippen LogP contribution >= 0.6 is 0 Å². The summed E-state index contributed by atoms with van der Waals surface area (Å²) >= 11 is 0. The third-order valence-corrected chi connectivity index (χ3v) is 10.6. The van der Waals surface area contributed by atoms with Gasteiger partial charge in [-0.05, 0) is 118 Å². The second-order valence-corrected chi connectivity index (χ2v) is 13.8. The molecule has 8 aromatic rings. The van der Waals surface area contributed by atoms with Crippen molar-refractivity contribution in [1.82, 2.24) is 0 Å². The molecule has 0 aliphatic heterocycles. The summed E-state index contributed by atoms with van der Waals surface area (Å²) in [6.07, 6.45) is 6.49. The fourth-order valence-electron chi connectivity index (χ4n) is 8.04. The van der Waals surface area contributed by atoms with Gasteiger partial charge in [-0.15, -0.1) is 0 Å². The van der Waals surface area contributed by atoms with E-state index in [-0.39, 0.29) is 5.41 Å². The molecule has 8 aromatic carbocycles. The molecule has 0 heteroatoms. The summed E-state index contributed by atoms with van der Waals surface area (Å²) in [5.41, 5.74) is 13.8. The summed E-state index contributed by atoms with van der Waals surface area (Å²) in [5, 5.41) is 7.68. The Hall–Kier alpha value is -5.98. The van der Waals surface area contributed by atoms with Crippen LogP contribution in [0, 0.1) is 0 Å². The maximum atomic E-state index is 4.15. The normalized spacial score (nSPS) is 13.3. The standard InChI is InChI=1S/C49H36/c1-4-32-18-20-36(38-25-27-44-43-26-24-37(33-12-6-5-7-13-33)30-46(43)49(2,3)47(44)31-38)28-35(32)21-22-39-29-40-23-19-34-14-8-9-16-42(34)48(40)45-17-11-10-15-41(39)45/h4-31H,1H2,2-3H3/b22-21+. The highest BCUT2D eigenvalue weighted by molar-refractivity contribution is 6.22. The van der Waals surface area contributed by atoms with Gasteiger partial charge in [-0.3, -0.25) is 0 Å². The van der Waals surface area contributed by atoms with E-state index >= 15 is 0 Å². The van der Waals surface area contributed by atoms with E-state index in [2.05, 4.69) is 184 Å². The minimum absolute atomic E-state index is 0.0995. The average molecular weight is 625 g/mol. The van der Waals surface area contributed by atoms with Crippen molar-refractivity contribution in [2.45, 2.75) is 19.3 Å². The average Bonchev–Trinajstić information content (AvgIpc) is 3.38. The summed E-state index contributed by atoms with van der Waals surface area (Å²) in [7, 11) is 0. The summed E-state index contributed by atoms with van der Waals surface area (Å²) in [6.45, 7) is 8.88. The van der Waals surface area contributed by atoms with Crippen LogP contribution in [0.3, 0.4) is 0 Å². The lowest BCUT2D eigenvalue weighted by Gasteiger charge is -2.22. The highest BCUT2D eigenvalue weighted by Gasteiger charge is 2.35. The highest BCUT2D eigenvalue weighted by atomic mass is 14.4. The maximum absolute atomic E-state index is 4.15. The van der Waals surface area contributed by atoms with Crippen LogP contribution in [0.15, 0.2) is 158 Å². The Balaban J connectivity index is 1.11. The molecule has 0 heterocycles. The van der Waals surface area contributed by atoms with Crippen LogP contribution in [-0.4, -0.2) is 0 Å². The molecule has 0 fully saturated rings. The molecule has 49 heavy (non-hydrogen) atoms. The van der Waals surface area contributed by atoms with E-state index in [4.69, 9.17) is 0 Å². The molecule has 0 nitrogen and oxygen atoms in total. The van der Waals surface area contributed by atoms with E-state index in [9.17, 15) is 0 Å². The fourth-order valence-corrected chi connectivity index (χ4v) is 8.04. The highest BCUT2D eigenvalue weighted by Crippen LogP contribution is 2.50. The molecule has 0 radical (unpaired) electrons. The van der Waals surface area contributed by atoms with Gasteiger partial charge in [0.1, 0.15) is 0 Å². The van der Waals surface area contributed by atoms with Gasteiger partial charge in [-0.1, -0.05) is 166 Å². The van der Waals surface area contributed by atoms with Crippen molar-refractivity contribution in [3.63, 3.8) is 0 Å². The molecule has 0 saturated heterocycles. The number of benzene rings is 8. The van der Waals surface area contributed by atoms with Gasteiger partial charge in [0.25, 0.3) is 0 Å². The van der Waals surface area contributed by atoms with Gasteiger partial charge < -0.3 is 0 Å². The maximum Gasteiger partial charge on any atom is 0.0159 e. The Kier molecular flexibility index (Phi) is 6.74. The molecule has 1 aliphatic carbocycles. The minimum Gasteiger partial charge on any atom is -0.0984 e. The van der Waals surface area contributed by atoms with Crippen molar-refractivity contribution in [1.29, 1.82) is 0 Å². The Morgan fingerprint density at radius 2 is 1.00 bits per heavy atom. The summed E-state index contributed by atoms with van der Waals surface area (Å²) < 4.78 is 0. The zero-order valence-electron chi connectivity index (χ0n) is 27.9. The number of rotatable bonds is 5. The molecule has 232 valence electrons. The van der Waals surface area contributed by atoms with Crippen molar-refractivity contribution in [2.24, 2.45) is 0 Å². The second-order valence-electron chi connectivity index (χ2n) is 13.8.